The second-order valence-electron chi connectivity index (χ2n) is 6.98. The van der Waals surface area contributed by atoms with Gasteiger partial charge in [-0.1, -0.05) is 30.3 Å². The van der Waals surface area contributed by atoms with E-state index in [4.69, 9.17) is 0 Å². The average Bonchev–Trinajstić information content (AvgIpc) is 2.54. The van der Waals surface area contributed by atoms with Gasteiger partial charge in [0.2, 0.25) is 0 Å². The minimum atomic E-state index is -1.67. The maximum Gasteiger partial charge on any atom is 0.0397 e. The van der Waals surface area contributed by atoms with Crippen LogP contribution in [0.25, 0.3) is 5.57 Å². The Morgan fingerprint density at radius 2 is 1.08 bits per heavy atom. The van der Waals surface area contributed by atoms with Gasteiger partial charge < -0.3 is 0 Å². The fourth-order valence-corrected chi connectivity index (χ4v) is 12.7. The molecule has 1 aromatic carbocycles. The molecule has 0 saturated heterocycles. The number of hydrogen-bond donors (Lipinski definition) is 0. The summed E-state index contributed by atoms with van der Waals surface area (Å²) in [6.07, 6.45) is 0. The second-order valence-corrected chi connectivity index (χ2v) is 14.4. The lowest BCUT2D eigenvalue weighted by Gasteiger charge is -2.46. The summed E-state index contributed by atoms with van der Waals surface area (Å²) in [5.41, 5.74) is 5.28. The smallest absolute Gasteiger partial charge is 0.0397 e. The van der Waals surface area contributed by atoms with Gasteiger partial charge in [0.1, 0.15) is 0 Å². The third-order valence-corrected chi connectivity index (χ3v) is 13.8. The Kier molecular flexibility index (Phi) is 6.03. The predicted molar refractivity (Wildman–Crippen MR) is 115 cm³/mol. The lowest BCUT2D eigenvalue weighted by Crippen LogP contribution is -2.30. The molecule has 0 aliphatic carbocycles. The Hall–Kier alpha value is -0.600. The van der Waals surface area contributed by atoms with Crippen molar-refractivity contribution in [1.29, 1.82) is 0 Å². The van der Waals surface area contributed by atoms with Crippen LogP contribution in [0.15, 0.2) is 36.1 Å². The molecule has 0 fully saturated rings. The molecule has 2 rings (SSSR count). The molecule has 0 spiro atoms. The maximum absolute atomic E-state index is 2.63. The van der Waals surface area contributed by atoms with E-state index < -0.39 is 14.4 Å². The van der Waals surface area contributed by atoms with E-state index in [9.17, 15) is 0 Å². The molecule has 0 saturated carbocycles. The van der Waals surface area contributed by atoms with Crippen molar-refractivity contribution in [1.82, 2.24) is 18.7 Å². The van der Waals surface area contributed by atoms with Crippen LogP contribution < -0.4 is 0 Å². The van der Waals surface area contributed by atoms with Crippen molar-refractivity contribution in [3.8, 4) is 0 Å². The van der Waals surface area contributed by atoms with Gasteiger partial charge in [-0.05, 0) is 84.7 Å². The minimum absolute atomic E-state index is 1.30. The molecule has 0 radical (unpaired) electrons. The Morgan fingerprint density at radius 1 is 0.625 bits per heavy atom. The highest BCUT2D eigenvalue weighted by atomic mass is 31.2. The Labute approximate surface area is 148 Å². The van der Waals surface area contributed by atoms with Gasteiger partial charge in [-0.3, -0.25) is 18.7 Å². The second kappa shape index (κ2) is 7.33. The van der Waals surface area contributed by atoms with Gasteiger partial charge in [-0.2, -0.15) is 0 Å². The van der Waals surface area contributed by atoms with Crippen molar-refractivity contribution in [2.24, 2.45) is 0 Å². The molecular formula is C18H32N4P2. The molecule has 1 aromatic rings. The van der Waals surface area contributed by atoms with Crippen LogP contribution in [0.1, 0.15) is 5.56 Å². The lowest BCUT2D eigenvalue weighted by atomic mass is 10.1. The monoisotopic (exact) mass is 366 g/mol. The first-order valence-corrected chi connectivity index (χ1v) is 11.8. The fraction of sp³-hybridized carbons (Fsp3) is 0.444. The SMILES string of the molecule is CN(C)P1(N(C)C)=CC(c2ccccc2)=CP(N(C)C)(N(C)C)=C1. The van der Waals surface area contributed by atoms with Gasteiger partial charge in [0, 0.05) is 14.4 Å². The number of hydrogen-bond acceptors (Lipinski definition) is 4. The highest BCUT2D eigenvalue weighted by molar-refractivity contribution is 7.99. The summed E-state index contributed by atoms with van der Waals surface area (Å²) in [6, 6.07) is 10.8. The molecule has 24 heavy (non-hydrogen) atoms. The van der Waals surface area contributed by atoms with E-state index in [1.165, 1.54) is 11.1 Å². The third-order valence-electron chi connectivity index (χ3n) is 4.67. The quantitative estimate of drug-likeness (QED) is 0.739. The van der Waals surface area contributed by atoms with Crippen molar-refractivity contribution in [3.05, 3.63) is 41.7 Å². The first kappa shape index (κ1) is 19.7. The Morgan fingerprint density at radius 3 is 1.50 bits per heavy atom. The summed E-state index contributed by atoms with van der Waals surface area (Å²) in [5.74, 6) is 4.99. The van der Waals surface area contributed by atoms with Gasteiger partial charge >= 0.3 is 0 Å². The van der Waals surface area contributed by atoms with Gasteiger partial charge in [-0.15, -0.1) is 0 Å². The number of allylic oxidation sites excluding steroid dienone is 1. The largest absolute Gasteiger partial charge is 0.275 e. The molecule has 0 atom stereocenters. The van der Waals surface area contributed by atoms with Crippen molar-refractivity contribution >= 4 is 31.3 Å². The van der Waals surface area contributed by atoms with E-state index in [0.717, 1.165) is 0 Å². The molecule has 0 N–H and O–H groups in total. The molecule has 0 aromatic heterocycles. The van der Waals surface area contributed by atoms with Crippen molar-refractivity contribution in [2.75, 3.05) is 56.4 Å². The zero-order valence-electron chi connectivity index (χ0n) is 16.3. The number of nitrogens with zero attached hydrogens (tertiary/aromatic N) is 4. The molecule has 0 bridgehead atoms. The molecule has 1 aliphatic heterocycles. The highest BCUT2D eigenvalue weighted by Crippen LogP contribution is 2.65. The summed E-state index contributed by atoms with van der Waals surface area (Å²) >= 11 is 0. The van der Waals surface area contributed by atoms with Crippen LogP contribution in [0, 0.1) is 0 Å². The normalized spacial score (nSPS) is 19.4. The Balaban J connectivity index is 2.88. The van der Waals surface area contributed by atoms with Crippen LogP contribution in [-0.4, -0.2) is 86.4 Å². The summed E-state index contributed by atoms with van der Waals surface area (Å²) in [5, 5.41) is 0. The minimum Gasteiger partial charge on any atom is -0.275 e. The van der Waals surface area contributed by atoms with Crippen molar-refractivity contribution < 1.29 is 0 Å². The summed E-state index contributed by atoms with van der Waals surface area (Å²) in [4.78, 5) is 0. The molecule has 134 valence electrons. The van der Waals surface area contributed by atoms with E-state index in [-0.39, 0.29) is 0 Å². The number of benzene rings is 1. The molecule has 0 amide bonds. The van der Waals surface area contributed by atoms with E-state index >= 15 is 0 Å². The van der Waals surface area contributed by atoms with E-state index in [0.29, 0.717) is 0 Å². The van der Waals surface area contributed by atoms with Crippen LogP contribution in [0.4, 0.5) is 0 Å². The van der Waals surface area contributed by atoms with Crippen LogP contribution >= 0.6 is 14.4 Å². The first-order valence-electron chi connectivity index (χ1n) is 8.15. The average molecular weight is 366 g/mol. The van der Waals surface area contributed by atoms with Crippen LogP contribution in [-0.2, 0) is 0 Å². The summed E-state index contributed by atoms with van der Waals surface area (Å²) in [7, 11) is 14.3. The van der Waals surface area contributed by atoms with Gasteiger partial charge in [-0.25, -0.2) is 0 Å². The molecule has 4 nitrogen and oxygen atoms in total. The van der Waals surface area contributed by atoms with E-state index in [1.54, 1.807) is 0 Å². The van der Waals surface area contributed by atoms with Gasteiger partial charge in [0.05, 0.1) is 0 Å². The zero-order chi connectivity index (χ0) is 18.1. The first-order chi connectivity index (χ1) is 11.2. The lowest BCUT2D eigenvalue weighted by molar-refractivity contribution is 0.574. The topological polar surface area (TPSA) is 13.0 Å². The maximum atomic E-state index is 2.63. The highest BCUT2D eigenvalue weighted by Gasteiger charge is 2.33. The summed E-state index contributed by atoms with van der Waals surface area (Å²) < 4.78 is 9.63. The van der Waals surface area contributed by atoms with Crippen molar-refractivity contribution in [3.63, 3.8) is 0 Å². The molecule has 1 heterocycles. The predicted octanol–water partition coefficient (Wildman–Crippen LogP) is 3.54. The molecule has 6 heteroatoms. The zero-order valence-corrected chi connectivity index (χ0v) is 18.1. The fourth-order valence-electron chi connectivity index (χ4n) is 3.13. The van der Waals surface area contributed by atoms with Crippen LogP contribution in [0.5, 0.6) is 0 Å². The summed E-state index contributed by atoms with van der Waals surface area (Å²) in [6.45, 7) is 0. The molecule has 0 unspecified atom stereocenters. The Bertz CT molecular complexity index is 672. The van der Waals surface area contributed by atoms with Gasteiger partial charge in [0.25, 0.3) is 0 Å². The number of rotatable bonds is 5. The molecular weight excluding hydrogens is 334 g/mol. The van der Waals surface area contributed by atoms with E-state index in [2.05, 4.69) is 123 Å². The van der Waals surface area contributed by atoms with Crippen molar-refractivity contribution in [2.45, 2.75) is 0 Å². The third kappa shape index (κ3) is 3.37. The van der Waals surface area contributed by atoms with Crippen LogP contribution in [0.3, 0.4) is 0 Å². The molecule has 1 aliphatic rings. The van der Waals surface area contributed by atoms with Crippen LogP contribution in [0.2, 0.25) is 0 Å². The van der Waals surface area contributed by atoms with Gasteiger partial charge in [0.15, 0.2) is 0 Å². The standard InChI is InChI=1S/C18H32N4P2/c1-19(2)23(20(3)4)14-18(17-12-10-9-11-13-17)15-24(16-23,21(5)6)22(7)8/h9-16H,1-8H3. The van der Waals surface area contributed by atoms with E-state index in [1.807, 2.05) is 0 Å².